The van der Waals surface area contributed by atoms with Gasteiger partial charge in [0.25, 0.3) is 6.08 Å². The van der Waals surface area contributed by atoms with E-state index >= 15 is 0 Å². The van der Waals surface area contributed by atoms with Gasteiger partial charge in [0.15, 0.2) is 0 Å². The van der Waals surface area contributed by atoms with Crippen LogP contribution >= 0.6 is 0 Å². The molecule has 0 aliphatic carbocycles. The third-order valence-corrected chi connectivity index (χ3v) is 1.37. The molecular formula is C9H8F2O. The van der Waals surface area contributed by atoms with Gasteiger partial charge in [-0.2, -0.15) is 8.78 Å². The molecule has 1 aromatic carbocycles. The van der Waals surface area contributed by atoms with Gasteiger partial charge in [-0.3, -0.25) is 0 Å². The van der Waals surface area contributed by atoms with Gasteiger partial charge in [-0.1, -0.05) is 12.1 Å². The Hall–Kier alpha value is -1.38. The van der Waals surface area contributed by atoms with Crippen molar-refractivity contribution >= 4 is 6.08 Å². The number of methoxy groups -OCH3 is 1. The number of halogens is 2. The Balaban J connectivity index is 2.94. The lowest BCUT2D eigenvalue weighted by Gasteiger charge is -1.98. The number of hydrogen-bond donors (Lipinski definition) is 0. The van der Waals surface area contributed by atoms with Crippen LogP contribution in [0.1, 0.15) is 5.56 Å². The van der Waals surface area contributed by atoms with Crippen molar-refractivity contribution in [3.63, 3.8) is 0 Å². The third kappa shape index (κ3) is 2.34. The molecule has 0 N–H and O–H groups in total. The van der Waals surface area contributed by atoms with Crippen LogP contribution in [0.5, 0.6) is 5.75 Å². The van der Waals surface area contributed by atoms with Gasteiger partial charge in [0.1, 0.15) is 5.75 Å². The molecule has 0 unspecified atom stereocenters. The maximum absolute atomic E-state index is 11.8. The zero-order chi connectivity index (χ0) is 8.97. The summed E-state index contributed by atoms with van der Waals surface area (Å²) in [4.78, 5) is 0. The molecule has 64 valence electrons. The first-order chi connectivity index (χ1) is 5.72. The van der Waals surface area contributed by atoms with E-state index in [1.165, 1.54) is 7.11 Å². The molecule has 0 amide bonds. The standard InChI is InChI=1S/C9H8F2O/c1-12-8-4-2-3-7(5-8)6-9(10)11/h2-6H,1H3. The molecular weight excluding hydrogens is 162 g/mol. The van der Waals surface area contributed by atoms with E-state index in [-0.39, 0.29) is 0 Å². The van der Waals surface area contributed by atoms with E-state index in [4.69, 9.17) is 4.74 Å². The summed E-state index contributed by atoms with van der Waals surface area (Å²) in [6.45, 7) is 0. The maximum Gasteiger partial charge on any atom is 0.270 e. The molecule has 0 spiro atoms. The van der Waals surface area contributed by atoms with Gasteiger partial charge in [0.2, 0.25) is 0 Å². The fourth-order valence-corrected chi connectivity index (χ4v) is 0.857. The number of ether oxygens (including phenoxy) is 1. The molecule has 0 aliphatic heterocycles. The molecule has 1 aromatic rings. The lowest BCUT2D eigenvalue weighted by atomic mass is 10.2. The zero-order valence-corrected chi connectivity index (χ0v) is 6.55. The lowest BCUT2D eigenvalue weighted by Crippen LogP contribution is -1.82. The van der Waals surface area contributed by atoms with E-state index in [1.54, 1.807) is 24.3 Å². The van der Waals surface area contributed by atoms with E-state index in [1.807, 2.05) is 0 Å². The molecule has 0 bridgehead atoms. The Bertz CT molecular complexity index is 290. The third-order valence-electron chi connectivity index (χ3n) is 1.37. The van der Waals surface area contributed by atoms with Gasteiger partial charge in [-0.25, -0.2) is 0 Å². The van der Waals surface area contributed by atoms with Crippen LogP contribution in [0.15, 0.2) is 30.3 Å². The first kappa shape index (κ1) is 8.71. The summed E-state index contributed by atoms with van der Waals surface area (Å²) in [7, 11) is 1.49. The van der Waals surface area contributed by atoms with Crippen molar-refractivity contribution in [1.82, 2.24) is 0 Å². The van der Waals surface area contributed by atoms with E-state index in [0.29, 0.717) is 11.3 Å². The fraction of sp³-hybridized carbons (Fsp3) is 0.111. The summed E-state index contributed by atoms with van der Waals surface area (Å²) in [5.41, 5.74) is 0.439. The van der Waals surface area contributed by atoms with Gasteiger partial charge < -0.3 is 4.74 Å². The summed E-state index contributed by atoms with van der Waals surface area (Å²) in [5, 5.41) is 0. The van der Waals surface area contributed by atoms with Gasteiger partial charge in [-0.15, -0.1) is 0 Å². The molecule has 0 saturated heterocycles. The van der Waals surface area contributed by atoms with Crippen molar-refractivity contribution < 1.29 is 13.5 Å². The van der Waals surface area contributed by atoms with Crippen LogP contribution in [0, 0.1) is 0 Å². The van der Waals surface area contributed by atoms with Crippen LogP contribution in [0.3, 0.4) is 0 Å². The molecule has 0 aliphatic rings. The minimum absolute atomic E-state index is 0.439. The fourth-order valence-electron chi connectivity index (χ4n) is 0.857. The minimum Gasteiger partial charge on any atom is -0.497 e. The minimum atomic E-state index is -1.71. The number of benzene rings is 1. The summed E-state index contributed by atoms with van der Waals surface area (Å²) in [6.07, 6.45) is -0.911. The smallest absolute Gasteiger partial charge is 0.270 e. The largest absolute Gasteiger partial charge is 0.497 e. The van der Waals surface area contributed by atoms with Crippen molar-refractivity contribution in [2.75, 3.05) is 7.11 Å². The quantitative estimate of drug-likeness (QED) is 0.663. The van der Waals surface area contributed by atoms with Crippen molar-refractivity contribution in [3.05, 3.63) is 35.9 Å². The van der Waals surface area contributed by atoms with Crippen LogP contribution in [0.4, 0.5) is 8.78 Å². The van der Waals surface area contributed by atoms with Crippen molar-refractivity contribution in [1.29, 1.82) is 0 Å². The Morgan fingerprint density at radius 2 is 2.17 bits per heavy atom. The van der Waals surface area contributed by atoms with Gasteiger partial charge in [0.05, 0.1) is 7.11 Å². The highest BCUT2D eigenvalue weighted by Gasteiger charge is 1.94. The Morgan fingerprint density at radius 3 is 2.75 bits per heavy atom. The highest BCUT2D eigenvalue weighted by Crippen LogP contribution is 2.15. The van der Waals surface area contributed by atoms with Gasteiger partial charge >= 0.3 is 0 Å². The normalized spacial score (nSPS) is 9.25. The molecule has 0 fully saturated rings. The van der Waals surface area contributed by atoms with E-state index in [2.05, 4.69) is 0 Å². The molecule has 3 heteroatoms. The molecule has 0 saturated carbocycles. The van der Waals surface area contributed by atoms with Gasteiger partial charge in [-0.05, 0) is 17.7 Å². The van der Waals surface area contributed by atoms with Crippen LogP contribution in [-0.4, -0.2) is 7.11 Å². The monoisotopic (exact) mass is 170 g/mol. The van der Waals surface area contributed by atoms with Crippen molar-refractivity contribution in [3.8, 4) is 5.75 Å². The molecule has 0 aromatic heterocycles. The summed E-state index contributed by atoms with van der Waals surface area (Å²) in [5.74, 6) is 0.574. The average molecular weight is 170 g/mol. The summed E-state index contributed by atoms with van der Waals surface area (Å²) in [6, 6.07) is 6.49. The Labute approximate surface area is 69.3 Å². The highest BCUT2D eigenvalue weighted by molar-refractivity contribution is 5.52. The van der Waals surface area contributed by atoms with Crippen LogP contribution in [0.2, 0.25) is 0 Å². The molecule has 0 radical (unpaired) electrons. The number of hydrogen-bond acceptors (Lipinski definition) is 1. The Kier molecular flexibility index (Phi) is 2.80. The van der Waals surface area contributed by atoms with Crippen LogP contribution < -0.4 is 4.74 Å². The zero-order valence-electron chi connectivity index (χ0n) is 6.55. The molecule has 1 nitrogen and oxygen atoms in total. The molecule has 0 atom stereocenters. The number of rotatable bonds is 2. The molecule has 0 heterocycles. The topological polar surface area (TPSA) is 9.23 Å². The first-order valence-corrected chi connectivity index (χ1v) is 3.39. The summed E-state index contributed by atoms with van der Waals surface area (Å²) < 4.78 is 28.4. The summed E-state index contributed by atoms with van der Waals surface area (Å²) >= 11 is 0. The predicted octanol–water partition coefficient (Wildman–Crippen LogP) is 2.93. The maximum atomic E-state index is 11.8. The first-order valence-electron chi connectivity index (χ1n) is 3.39. The van der Waals surface area contributed by atoms with Crippen molar-refractivity contribution in [2.45, 2.75) is 0 Å². The van der Waals surface area contributed by atoms with Gasteiger partial charge in [0, 0.05) is 6.08 Å². The Morgan fingerprint density at radius 1 is 1.42 bits per heavy atom. The van der Waals surface area contributed by atoms with E-state index in [9.17, 15) is 8.78 Å². The highest BCUT2D eigenvalue weighted by atomic mass is 19.3. The SMILES string of the molecule is COc1cccc(C=C(F)F)c1. The van der Waals surface area contributed by atoms with E-state index < -0.39 is 6.08 Å². The van der Waals surface area contributed by atoms with Crippen LogP contribution in [0.25, 0.3) is 6.08 Å². The van der Waals surface area contributed by atoms with E-state index in [0.717, 1.165) is 6.08 Å². The average Bonchev–Trinajstić information content (AvgIpc) is 2.03. The second kappa shape index (κ2) is 3.85. The van der Waals surface area contributed by atoms with Crippen LogP contribution in [-0.2, 0) is 0 Å². The lowest BCUT2D eigenvalue weighted by molar-refractivity contribution is 0.414. The second-order valence-corrected chi connectivity index (χ2v) is 2.21. The predicted molar refractivity (Wildman–Crippen MR) is 43.2 cm³/mol. The molecule has 12 heavy (non-hydrogen) atoms. The molecule has 1 rings (SSSR count). The second-order valence-electron chi connectivity index (χ2n) is 2.21. The van der Waals surface area contributed by atoms with Crippen molar-refractivity contribution in [2.24, 2.45) is 0 Å².